The van der Waals surface area contributed by atoms with Crippen LogP contribution in [0.2, 0.25) is 0 Å². The van der Waals surface area contributed by atoms with Crippen molar-refractivity contribution in [3.63, 3.8) is 0 Å². The topological polar surface area (TPSA) is 66.6 Å². The van der Waals surface area contributed by atoms with Crippen molar-refractivity contribution in [2.24, 2.45) is 5.73 Å². The molecule has 104 valence electrons. The van der Waals surface area contributed by atoms with Crippen molar-refractivity contribution in [3.05, 3.63) is 0 Å². The van der Waals surface area contributed by atoms with Gasteiger partial charge in [0.2, 0.25) is 11.8 Å². The standard InChI is InChI=1S/C13H25N3O2/c1-4-13(14,5-2)12(18)15(3)10-11(17)16-8-6-7-9-16/h4-10,14H2,1-3H3. The zero-order valence-corrected chi connectivity index (χ0v) is 11.7. The predicted octanol–water partition coefficient (Wildman–Crippen LogP) is 0.585. The molecule has 0 aromatic heterocycles. The summed E-state index contributed by atoms with van der Waals surface area (Å²) in [6.07, 6.45) is 3.30. The lowest BCUT2D eigenvalue weighted by Gasteiger charge is -2.31. The Balaban J connectivity index is 2.56. The summed E-state index contributed by atoms with van der Waals surface area (Å²) in [5, 5.41) is 0. The molecule has 2 N–H and O–H groups in total. The molecule has 1 rings (SSSR count). The van der Waals surface area contributed by atoms with E-state index in [1.54, 1.807) is 7.05 Å². The van der Waals surface area contributed by atoms with E-state index in [1.807, 2.05) is 18.7 Å². The summed E-state index contributed by atoms with van der Waals surface area (Å²) >= 11 is 0. The zero-order valence-electron chi connectivity index (χ0n) is 11.7. The molecule has 1 heterocycles. The first kappa shape index (κ1) is 15.0. The van der Waals surface area contributed by atoms with Crippen LogP contribution in [0.4, 0.5) is 0 Å². The fourth-order valence-corrected chi connectivity index (χ4v) is 2.27. The van der Waals surface area contributed by atoms with Crippen LogP contribution in [0.5, 0.6) is 0 Å². The third-order valence-electron chi connectivity index (χ3n) is 3.87. The van der Waals surface area contributed by atoms with E-state index in [0.717, 1.165) is 25.9 Å². The maximum absolute atomic E-state index is 12.2. The van der Waals surface area contributed by atoms with Crippen LogP contribution in [-0.2, 0) is 9.59 Å². The van der Waals surface area contributed by atoms with E-state index in [0.29, 0.717) is 12.8 Å². The summed E-state index contributed by atoms with van der Waals surface area (Å²) in [6.45, 7) is 5.57. The van der Waals surface area contributed by atoms with Crippen LogP contribution >= 0.6 is 0 Å². The molecule has 0 atom stereocenters. The Hall–Kier alpha value is -1.10. The summed E-state index contributed by atoms with van der Waals surface area (Å²) in [5.41, 5.74) is 5.22. The fraction of sp³-hybridized carbons (Fsp3) is 0.846. The largest absolute Gasteiger partial charge is 0.341 e. The van der Waals surface area contributed by atoms with E-state index in [1.165, 1.54) is 4.90 Å². The maximum Gasteiger partial charge on any atom is 0.242 e. The van der Waals surface area contributed by atoms with Crippen LogP contribution in [0.1, 0.15) is 39.5 Å². The highest BCUT2D eigenvalue weighted by atomic mass is 16.2. The molecule has 0 radical (unpaired) electrons. The van der Waals surface area contributed by atoms with Gasteiger partial charge in [-0.1, -0.05) is 13.8 Å². The smallest absolute Gasteiger partial charge is 0.242 e. The predicted molar refractivity (Wildman–Crippen MR) is 71.0 cm³/mol. The molecule has 18 heavy (non-hydrogen) atoms. The Morgan fingerprint density at radius 1 is 1.22 bits per heavy atom. The number of likely N-dealkylation sites (N-methyl/N-ethyl adjacent to an activating group) is 1. The van der Waals surface area contributed by atoms with Crippen LogP contribution in [0.15, 0.2) is 0 Å². The number of rotatable bonds is 5. The third-order valence-corrected chi connectivity index (χ3v) is 3.87. The number of carbonyl (C=O) groups is 2. The molecule has 0 aromatic carbocycles. The van der Waals surface area contributed by atoms with Crippen molar-refractivity contribution >= 4 is 11.8 Å². The number of hydrogen-bond acceptors (Lipinski definition) is 3. The van der Waals surface area contributed by atoms with Crippen LogP contribution in [0.3, 0.4) is 0 Å². The molecule has 2 amide bonds. The van der Waals surface area contributed by atoms with Crippen LogP contribution < -0.4 is 5.73 Å². The lowest BCUT2D eigenvalue weighted by Crippen LogP contribution is -2.55. The summed E-state index contributed by atoms with van der Waals surface area (Å²) in [4.78, 5) is 27.4. The van der Waals surface area contributed by atoms with Crippen molar-refractivity contribution in [1.82, 2.24) is 9.80 Å². The molecule has 1 fully saturated rings. The minimum atomic E-state index is -0.833. The molecule has 0 unspecified atom stereocenters. The fourth-order valence-electron chi connectivity index (χ4n) is 2.27. The maximum atomic E-state index is 12.2. The molecule has 0 aliphatic carbocycles. The van der Waals surface area contributed by atoms with Gasteiger partial charge in [-0.2, -0.15) is 0 Å². The Morgan fingerprint density at radius 3 is 2.17 bits per heavy atom. The Bertz CT molecular complexity index is 307. The average molecular weight is 255 g/mol. The highest BCUT2D eigenvalue weighted by Crippen LogP contribution is 2.15. The number of hydrogen-bond donors (Lipinski definition) is 1. The van der Waals surface area contributed by atoms with Gasteiger partial charge in [-0.25, -0.2) is 0 Å². The highest BCUT2D eigenvalue weighted by molar-refractivity contribution is 5.90. The summed E-state index contributed by atoms with van der Waals surface area (Å²) in [6, 6.07) is 0. The first-order valence-corrected chi connectivity index (χ1v) is 6.76. The quantitative estimate of drug-likeness (QED) is 0.781. The van der Waals surface area contributed by atoms with Gasteiger partial charge in [-0.15, -0.1) is 0 Å². The summed E-state index contributed by atoms with van der Waals surface area (Å²) in [7, 11) is 1.66. The molecule has 0 spiro atoms. The molecular weight excluding hydrogens is 230 g/mol. The molecule has 0 saturated carbocycles. The second-order valence-corrected chi connectivity index (χ2v) is 5.11. The number of amides is 2. The molecule has 5 heteroatoms. The molecule has 1 aliphatic rings. The second kappa shape index (κ2) is 6.18. The average Bonchev–Trinajstić information content (AvgIpc) is 2.90. The first-order chi connectivity index (χ1) is 8.44. The van der Waals surface area contributed by atoms with Gasteiger partial charge in [0.25, 0.3) is 0 Å². The van der Waals surface area contributed by atoms with Crippen molar-refractivity contribution in [2.75, 3.05) is 26.7 Å². The normalized spacial score (nSPS) is 15.9. The molecule has 1 saturated heterocycles. The zero-order chi connectivity index (χ0) is 13.8. The van der Waals surface area contributed by atoms with Gasteiger partial charge in [0.1, 0.15) is 0 Å². The minimum absolute atomic E-state index is 0.0258. The van der Waals surface area contributed by atoms with Gasteiger partial charge in [-0.05, 0) is 25.7 Å². The monoisotopic (exact) mass is 255 g/mol. The number of nitrogens with two attached hydrogens (primary N) is 1. The Morgan fingerprint density at radius 2 is 1.72 bits per heavy atom. The number of nitrogens with zero attached hydrogens (tertiary/aromatic N) is 2. The SMILES string of the molecule is CCC(N)(CC)C(=O)N(C)CC(=O)N1CCCC1. The van der Waals surface area contributed by atoms with Gasteiger partial charge < -0.3 is 15.5 Å². The van der Waals surface area contributed by atoms with Gasteiger partial charge in [0.05, 0.1) is 12.1 Å². The van der Waals surface area contributed by atoms with Crippen molar-refractivity contribution in [3.8, 4) is 0 Å². The summed E-state index contributed by atoms with van der Waals surface area (Å²) in [5.74, 6) is -0.113. The van der Waals surface area contributed by atoms with E-state index in [2.05, 4.69) is 0 Å². The van der Waals surface area contributed by atoms with Crippen molar-refractivity contribution in [1.29, 1.82) is 0 Å². The van der Waals surface area contributed by atoms with Crippen molar-refractivity contribution in [2.45, 2.75) is 45.1 Å². The lowest BCUT2D eigenvalue weighted by molar-refractivity contribution is -0.142. The van der Waals surface area contributed by atoms with Gasteiger partial charge >= 0.3 is 0 Å². The minimum Gasteiger partial charge on any atom is -0.341 e. The highest BCUT2D eigenvalue weighted by Gasteiger charge is 2.33. The number of likely N-dealkylation sites (tertiary alicyclic amines) is 1. The van der Waals surface area contributed by atoms with Gasteiger partial charge in [0.15, 0.2) is 0 Å². The molecule has 5 nitrogen and oxygen atoms in total. The van der Waals surface area contributed by atoms with Gasteiger partial charge in [0, 0.05) is 20.1 Å². The van der Waals surface area contributed by atoms with Crippen LogP contribution in [0.25, 0.3) is 0 Å². The molecule has 0 aromatic rings. The van der Waals surface area contributed by atoms with Crippen molar-refractivity contribution < 1.29 is 9.59 Å². The molecule has 0 bridgehead atoms. The van der Waals surface area contributed by atoms with E-state index in [9.17, 15) is 9.59 Å². The Kier molecular flexibility index (Phi) is 5.14. The Labute approximate surface area is 109 Å². The summed E-state index contributed by atoms with van der Waals surface area (Å²) < 4.78 is 0. The van der Waals surface area contributed by atoms with Crippen LogP contribution in [-0.4, -0.2) is 53.8 Å². The van der Waals surface area contributed by atoms with E-state index in [-0.39, 0.29) is 18.4 Å². The third kappa shape index (κ3) is 3.22. The first-order valence-electron chi connectivity index (χ1n) is 6.76. The van der Waals surface area contributed by atoms with E-state index < -0.39 is 5.54 Å². The lowest BCUT2D eigenvalue weighted by atomic mass is 9.92. The van der Waals surface area contributed by atoms with Crippen LogP contribution in [0, 0.1) is 0 Å². The van der Waals surface area contributed by atoms with E-state index in [4.69, 9.17) is 5.73 Å². The number of carbonyl (C=O) groups excluding carboxylic acids is 2. The molecular formula is C13H25N3O2. The molecule has 1 aliphatic heterocycles. The second-order valence-electron chi connectivity index (χ2n) is 5.11. The van der Waals surface area contributed by atoms with E-state index >= 15 is 0 Å². The van der Waals surface area contributed by atoms with Gasteiger partial charge in [-0.3, -0.25) is 9.59 Å².